The number of carbonyl (C=O) groups is 2. The summed E-state index contributed by atoms with van der Waals surface area (Å²) in [5.74, 6) is -0.478. The summed E-state index contributed by atoms with van der Waals surface area (Å²) in [5.41, 5.74) is 12.6. The molecule has 1 heterocycles. The molecule has 6 heteroatoms. The van der Waals surface area contributed by atoms with Crippen LogP contribution in [0.5, 0.6) is 0 Å². The van der Waals surface area contributed by atoms with Crippen molar-refractivity contribution in [3.63, 3.8) is 0 Å². The second kappa shape index (κ2) is 8.80. The summed E-state index contributed by atoms with van der Waals surface area (Å²) in [4.78, 5) is 26.7. The van der Waals surface area contributed by atoms with E-state index in [-0.39, 0.29) is 29.7 Å². The summed E-state index contributed by atoms with van der Waals surface area (Å²) in [6, 6.07) is 9.31. The Balaban J connectivity index is 1.97. The normalized spacial score (nSPS) is 20.3. The van der Waals surface area contributed by atoms with Gasteiger partial charge in [0.2, 0.25) is 11.8 Å². The number of hydrogen-bond donors (Lipinski definition) is 3. The van der Waals surface area contributed by atoms with E-state index >= 15 is 0 Å². The molecule has 1 fully saturated rings. The van der Waals surface area contributed by atoms with Crippen molar-refractivity contribution in [2.24, 2.45) is 23.3 Å². The van der Waals surface area contributed by atoms with Gasteiger partial charge < -0.3 is 21.7 Å². The highest BCUT2D eigenvalue weighted by molar-refractivity contribution is 5.82. The topological polar surface area (TPSA) is 101 Å². The SMILES string of the molecule is CC(C(=O)N1CCCC(C(=O)NCCN)C1)C(N)c1ccccc1. The molecule has 2 amide bonds. The van der Waals surface area contributed by atoms with Gasteiger partial charge in [-0.1, -0.05) is 37.3 Å². The zero-order valence-corrected chi connectivity index (χ0v) is 14.3. The molecule has 132 valence electrons. The number of rotatable bonds is 6. The third-order valence-electron chi connectivity index (χ3n) is 4.66. The number of hydrogen-bond acceptors (Lipinski definition) is 4. The summed E-state index contributed by atoms with van der Waals surface area (Å²) in [7, 11) is 0. The van der Waals surface area contributed by atoms with Crippen LogP contribution in [0.3, 0.4) is 0 Å². The van der Waals surface area contributed by atoms with Crippen LogP contribution < -0.4 is 16.8 Å². The fourth-order valence-electron chi connectivity index (χ4n) is 3.14. The first-order valence-corrected chi connectivity index (χ1v) is 8.61. The first-order valence-electron chi connectivity index (χ1n) is 8.61. The van der Waals surface area contributed by atoms with Crippen LogP contribution in [0.25, 0.3) is 0 Å². The van der Waals surface area contributed by atoms with Gasteiger partial charge in [-0.3, -0.25) is 9.59 Å². The lowest BCUT2D eigenvalue weighted by Gasteiger charge is -2.35. The lowest BCUT2D eigenvalue weighted by molar-refractivity contribution is -0.139. The molecule has 1 aliphatic heterocycles. The van der Waals surface area contributed by atoms with Gasteiger partial charge in [0.15, 0.2) is 0 Å². The lowest BCUT2D eigenvalue weighted by atomic mass is 9.91. The Hall–Kier alpha value is -1.92. The van der Waals surface area contributed by atoms with Crippen molar-refractivity contribution >= 4 is 11.8 Å². The summed E-state index contributed by atoms with van der Waals surface area (Å²) in [6.45, 7) is 3.90. The Labute approximate surface area is 143 Å². The number of piperidine rings is 1. The van der Waals surface area contributed by atoms with Gasteiger partial charge in [-0.05, 0) is 18.4 Å². The number of nitrogens with one attached hydrogen (secondary N) is 1. The van der Waals surface area contributed by atoms with E-state index in [4.69, 9.17) is 11.5 Å². The Bertz CT molecular complexity index is 549. The Kier molecular flexibility index (Phi) is 6.75. The van der Waals surface area contributed by atoms with E-state index in [1.54, 1.807) is 4.90 Å². The first kappa shape index (κ1) is 18.4. The third kappa shape index (κ3) is 4.55. The minimum atomic E-state index is -0.342. The molecule has 24 heavy (non-hydrogen) atoms. The van der Waals surface area contributed by atoms with Crippen molar-refractivity contribution in [1.82, 2.24) is 10.2 Å². The Morgan fingerprint density at radius 3 is 2.71 bits per heavy atom. The third-order valence-corrected chi connectivity index (χ3v) is 4.66. The number of nitrogens with two attached hydrogens (primary N) is 2. The molecule has 1 aromatic rings. The lowest BCUT2D eigenvalue weighted by Crippen LogP contribution is -2.48. The van der Waals surface area contributed by atoms with Gasteiger partial charge in [0.05, 0.1) is 11.8 Å². The molecular formula is C18H28N4O2. The molecule has 2 rings (SSSR count). The fraction of sp³-hybridized carbons (Fsp3) is 0.556. The number of nitrogens with zero attached hydrogens (tertiary/aromatic N) is 1. The maximum absolute atomic E-state index is 12.8. The number of carbonyl (C=O) groups excluding carboxylic acids is 2. The summed E-state index contributed by atoms with van der Waals surface area (Å²) >= 11 is 0. The van der Waals surface area contributed by atoms with E-state index in [1.165, 1.54) is 0 Å². The molecule has 0 spiro atoms. The Morgan fingerprint density at radius 1 is 1.33 bits per heavy atom. The highest BCUT2D eigenvalue weighted by Gasteiger charge is 2.32. The van der Waals surface area contributed by atoms with Crippen LogP contribution in [0, 0.1) is 11.8 Å². The number of benzene rings is 1. The minimum Gasteiger partial charge on any atom is -0.355 e. The minimum absolute atomic E-state index is 0.0158. The van der Waals surface area contributed by atoms with E-state index < -0.39 is 0 Å². The van der Waals surface area contributed by atoms with Crippen molar-refractivity contribution in [2.45, 2.75) is 25.8 Å². The van der Waals surface area contributed by atoms with Gasteiger partial charge in [0.25, 0.3) is 0 Å². The van der Waals surface area contributed by atoms with Gasteiger partial charge in [-0.15, -0.1) is 0 Å². The molecule has 6 nitrogen and oxygen atoms in total. The van der Waals surface area contributed by atoms with Crippen molar-refractivity contribution in [3.8, 4) is 0 Å². The number of amides is 2. The molecule has 3 atom stereocenters. The van der Waals surface area contributed by atoms with Crippen LogP contribution >= 0.6 is 0 Å². The van der Waals surface area contributed by atoms with Gasteiger partial charge in [-0.2, -0.15) is 0 Å². The van der Waals surface area contributed by atoms with Crippen LogP contribution in [0.2, 0.25) is 0 Å². The largest absolute Gasteiger partial charge is 0.355 e. The maximum atomic E-state index is 12.8. The van der Waals surface area contributed by atoms with Crippen molar-refractivity contribution in [3.05, 3.63) is 35.9 Å². The standard InChI is InChI=1S/C18H28N4O2/c1-13(16(20)14-6-3-2-4-7-14)18(24)22-11-5-8-15(12-22)17(23)21-10-9-19/h2-4,6-7,13,15-16H,5,8-12,19-20H2,1H3,(H,21,23). The van der Waals surface area contributed by atoms with E-state index in [0.717, 1.165) is 18.4 Å². The average molecular weight is 332 g/mol. The van der Waals surface area contributed by atoms with Crippen LogP contribution in [-0.4, -0.2) is 42.9 Å². The molecule has 0 aromatic heterocycles. The summed E-state index contributed by atoms with van der Waals surface area (Å²) < 4.78 is 0. The predicted octanol–water partition coefficient (Wildman–Crippen LogP) is 0.636. The zero-order valence-electron chi connectivity index (χ0n) is 14.3. The average Bonchev–Trinajstić information content (AvgIpc) is 2.65. The highest BCUT2D eigenvalue weighted by atomic mass is 16.2. The predicted molar refractivity (Wildman–Crippen MR) is 93.9 cm³/mol. The van der Waals surface area contributed by atoms with E-state index in [1.807, 2.05) is 37.3 Å². The van der Waals surface area contributed by atoms with Crippen LogP contribution in [-0.2, 0) is 9.59 Å². The quantitative estimate of drug-likeness (QED) is 0.711. The van der Waals surface area contributed by atoms with E-state index in [0.29, 0.717) is 26.2 Å². The van der Waals surface area contributed by atoms with Crippen LogP contribution in [0.1, 0.15) is 31.4 Å². The summed E-state index contributed by atoms with van der Waals surface area (Å²) in [6.07, 6.45) is 1.64. The molecule has 1 aromatic carbocycles. The van der Waals surface area contributed by atoms with Crippen molar-refractivity contribution in [2.75, 3.05) is 26.2 Å². The molecule has 0 radical (unpaired) electrons. The molecule has 5 N–H and O–H groups in total. The number of likely N-dealkylation sites (tertiary alicyclic amines) is 1. The fourth-order valence-corrected chi connectivity index (χ4v) is 3.14. The molecule has 1 aliphatic rings. The highest BCUT2D eigenvalue weighted by Crippen LogP contribution is 2.24. The second-order valence-electron chi connectivity index (χ2n) is 6.43. The second-order valence-corrected chi connectivity index (χ2v) is 6.43. The van der Waals surface area contributed by atoms with Gasteiger partial charge in [-0.25, -0.2) is 0 Å². The summed E-state index contributed by atoms with van der Waals surface area (Å²) in [5, 5.41) is 2.81. The van der Waals surface area contributed by atoms with Crippen molar-refractivity contribution < 1.29 is 9.59 Å². The van der Waals surface area contributed by atoms with Gasteiger partial charge >= 0.3 is 0 Å². The molecule has 1 saturated heterocycles. The molecule has 0 bridgehead atoms. The van der Waals surface area contributed by atoms with Crippen LogP contribution in [0.4, 0.5) is 0 Å². The van der Waals surface area contributed by atoms with Crippen LogP contribution in [0.15, 0.2) is 30.3 Å². The monoisotopic (exact) mass is 332 g/mol. The molecule has 0 saturated carbocycles. The van der Waals surface area contributed by atoms with E-state index in [2.05, 4.69) is 5.32 Å². The molecule has 0 aliphatic carbocycles. The van der Waals surface area contributed by atoms with E-state index in [9.17, 15) is 9.59 Å². The molecular weight excluding hydrogens is 304 g/mol. The van der Waals surface area contributed by atoms with Crippen molar-refractivity contribution in [1.29, 1.82) is 0 Å². The van der Waals surface area contributed by atoms with Gasteiger partial charge in [0.1, 0.15) is 0 Å². The molecule has 3 unspecified atom stereocenters. The zero-order chi connectivity index (χ0) is 17.5. The smallest absolute Gasteiger partial charge is 0.227 e. The first-order chi connectivity index (χ1) is 11.5. The Morgan fingerprint density at radius 2 is 2.04 bits per heavy atom. The van der Waals surface area contributed by atoms with Gasteiger partial charge in [0, 0.05) is 32.2 Å². The maximum Gasteiger partial charge on any atom is 0.227 e.